The second-order valence-electron chi connectivity index (χ2n) is 5.31. The van der Waals surface area contributed by atoms with Crippen molar-refractivity contribution in [3.63, 3.8) is 0 Å². The van der Waals surface area contributed by atoms with Gasteiger partial charge in [-0.1, -0.05) is 19.9 Å². The number of nitrogens with one attached hydrogen (secondary N) is 1. The summed E-state index contributed by atoms with van der Waals surface area (Å²) in [5.74, 6) is 6.20. The van der Waals surface area contributed by atoms with Gasteiger partial charge in [0, 0.05) is 24.9 Å². The summed E-state index contributed by atoms with van der Waals surface area (Å²) >= 11 is 0. The zero-order valence-corrected chi connectivity index (χ0v) is 12.1. The number of hydrogen-bond acceptors (Lipinski definition) is 4. The standard InChI is InChI=1S/C15H25N3O/c1-4-15(5-2,19-3)14(18-16)12-9-8-11-7-6-10-17-13(11)12/h6-7,10,12,14,18H,4-5,8-9,16H2,1-3H3. The van der Waals surface area contributed by atoms with Crippen molar-refractivity contribution in [2.45, 2.75) is 57.1 Å². The number of hydrogen-bond donors (Lipinski definition) is 2. The number of hydrazine groups is 1. The summed E-state index contributed by atoms with van der Waals surface area (Å²) in [4.78, 5) is 4.57. The van der Waals surface area contributed by atoms with E-state index in [9.17, 15) is 0 Å². The summed E-state index contributed by atoms with van der Waals surface area (Å²) < 4.78 is 5.85. The number of pyridine rings is 1. The number of fused-ring (bicyclic) bond motifs is 1. The highest BCUT2D eigenvalue weighted by molar-refractivity contribution is 5.31. The average molecular weight is 263 g/mol. The van der Waals surface area contributed by atoms with Gasteiger partial charge in [-0.2, -0.15) is 0 Å². The summed E-state index contributed by atoms with van der Waals surface area (Å²) in [7, 11) is 1.78. The van der Waals surface area contributed by atoms with Crippen LogP contribution >= 0.6 is 0 Å². The van der Waals surface area contributed by atoms with E-state index in [1.807, 2.05) is 12.3 Å². The first-order valence-corrected chi connectivity index (χ1v) is 7.17. The summed E-state index contributed by atoms with van der Waals surface area (Å²) in [6.45, 7) is 4.32. The molecule has 3 N–H and O–H groups in total. The lowest BCUT2D eigenvalue weighted by Crippen LogP contribution is -2.56. The van der Waals surface area contributed by atoms with Crippen LogP contribution < -0.4 is 11.3 Å². The quantitative estimate of drug-likeness (QED) is 0.610. The van der Waals surface area contributed by atoms with E-state index in [2.05, 4.69) is 30.3 Å². The number of nitrogens with two attached hydrogens (primary N) is 1. The van der Waals surface area contributed by atoms with Crippen LogP contribution in [0.2, 0.25) is 0 Å². The SMILES string of the molecule is CCC(CC)(OC)C(NN)C1CCc2cccnc21. The third-order valence-electron chi connectivity index (χ3n) is 4.75. The Morgan fingerprint density at radius 1 is 1.53 bits per heavy atom. The van der Waals surface area contributed by atoms with Gasteiger partial charge >= 0.3 is 0 Å². The van der Waals surface area contributed by atoms with Gasteiger partial charge in [-0.15, -0.1) is 0 Å². The van der Waals surface area contributed by atoms with Gasteiger partial charge < -0.3 is 4.74 Å². The van der Waals surface area contributed by atoms with Crippen molar-refractivity contribution < 1.29 is 4.74 Å². The Kier molecular flexibility index (Phi) is 4.55. The highest BCUT2D eigenvalue weighted by Crippen LogP contribution is 2.40. The molecule has 0 bridgehead atoms. The van der Waals surface area contributed by atoms with Gasteiger partial charge in [0.2, 0.25) is 0 Å². The first kappa shape index (κ1) is 14.4. The predicted molar refractivity (Wildman–Crippen MR) is 76.7 cm³/mol. The second-order valence-corrected chi connectivity index (χ2v) is 5.31. The van der Waals surface area contributed by atoms with Crippen LogP contribution in [0, 0.1) is 0 Å². The first-order chi connectivity index (χ1) is 9.22. The number of aromatic nitrogens is 1. The van der Waals surface area contributed by atoms with E-state index in [0.717, 1.165) is 25.7 Å². The molecule has 2 rings (SSSR count). The molecule has 106 valence electrons. The molecule has 1 aliphatic carbocycles. The molecule has 0 aliphatic heterocycles. The lowest BCUT2D eigenvalue weighted by molar-refractivity contribution is -0.0547. The molecule has 4 nitrogen and oxygen atoms in total. The van der Waals surface area contributed by atoms with E-state index in [4.69, 9.17) is 10.6 Å². The Labute approximate surface area is 115 Å². The fraction of sp³-hybridized carbons (Fsp3) is 0.667. The molecule has 19 heavy (non-hydrogen) atoms. The molecule has 4 heteroatoms. The summed E-state index contributed by atoms with van der Waals surface area (Å²) in [6, 6.07) is 4.28. The minimum atomic E-state index is -0.224. The molecule has 2 atom stereocenters. The Balaban J connectivity index is 2.34. The van der Waals surface area contributed by atoms with Crippen molar-refractivity contribution in [2.75, 3.05) is 7.11 Å². The van der Waals surface area contributed by atoms with Crippen LogP contribution in [-0.4, -0.2) is 23.7 Å². The van der Waals surface area contributed by atoms with Crippen molar-refractivity contribution in [1.29, 1.82) is 0 Å². The second kappa shape index (κ2) is 5.99. The van der Waals surface area contributed by atoms with Crippen molar-refractivity contribution in [1.82, 2.24) is 10.4 Å². The maximum Gasteiger partial charge on any atom is 0.0845 e. The van der Waals surface area contributed by atoms with Crippen LogP contribution in [0.5, 0.6) is 0 Å². The van der Waals surface area contributed by atoms with Gasteiger partial charge in [0.25, 0.3) is 0 Å². The molecule has 0 aromatic carbocycles. The molecular formula is C15H25N3O. The average Bonchev–Trinajstić information content (AvgIpc) is 2.89. The van der Waals surface area contributed by atoms with Crippen LogP contribution in [-0.2, 0) is 11.2 Å². The Bertz CT molecular complexity index is 409. The van der Waals surface area contributed by atoms with E-state index in [0.29, 0.717) is 5.92 Å². The number of nitrogens with zero attached hydrogens (tertiary/aromatic N) is 1. The zero-order chi connectivity index (χ0) is 13.9. The Hall–Kier alpha value is -0.970. The van der Waals surface area contributed by atoms with E-state index >= 15 is 0 Å². The number of ether oxygens (including phenoxy) is 1. The van der Waals surface area contributed by atoms with Crippen LogP contribution in [0.1, 0.15) is 50.3 Å². The molecule has 2 unspecified atom stereocenters. The van der Waals surface area contributed by atoms with E-state index in [1.165, 1.54) is 11.3 Å². The number of methoxy groups -OCH3 is 1. The van der Waals surface area contributed by atoms with Gasteiger partial charge in [0.05, 0.1) is 11.6 Å². The minimum Gasteiger partial charge on any atom is -0.377 e. The van der Waals surface area contributed by atoms with Gasteiger partial charge in [-0.05, 0) is 37.3 Å². The van der Waals surface area contributed by atoms with Crippen molar-refractivity contribution >= 4 is 0 Å². The fourth-order valence-corrected chi connectivity index (χ4v) is 3.51. The molecule has 0 spiro atoms. The normalized spacial score (nSPS) is 20.3. The van der Waals surface area contributed by atoms with Gasteiger partial charge in [-0.25, -0.2) is 0 Å². The maximum atomic E-state index is 5.86. The lowest BCUT2D eigenvalue weighted by atomic mass is 9.79. The monoisotopic (exact) mass is 263 g/mol. The number of rotatable bonds is 6. The molecule has 1 aromatic rings. The third-order valence-corrected chi connectivity index (χ3v) is 4.75. The minimum absolute atomic E-state index is 0.101. The summed E-state index contributed by atoms with van der Waals surface area (Å²) in [5, 5.41) is 0. The molecule has 1 aromatic heterocycles. The molecule has 0 amide bonds. The van der Waals surface area contributed by atoms with E-state index in [1.54, 1.807) is 7.11 Å². The van der Waals surface area contributed by atoms with Crippen molar-refractivity contribution in [3.05, 3.63) is 29.6 Å². The summed E-state index contributed by atoms with van der Waals surface area (Å²) in [5.41, 5.74) is 5.33. The van der Waals surface area contributed by atoms with Gasteiger partial charge in [0.1, 0.15) is 0 Å². The zero-order valence-electron chi connectivity index (χ0n) is 12.1. The smallest absolute Gasteiger partial charge is 0.0845 e. The maximum absolute atomic E-state index is 5.86. The molecule has 1 aliphatic rings. The fourth-order valence-electron chi connectivity index (χ4n) is 3.51. The van der Waals surface area contributed by atoms with Crippen molar-refractivity contribution in [2.24, 2.45) is 5.84 Å². The lowest BCUT2D eigenvalue weighted by Gasteiger charge is -2.41. The molecule has 0 saturated carbocycles. The highest BCUT2D eigenvalue weighted by atomic mass is 16.5. The van der Waals surface area contributed by atoms with Crippen LogP contribution in [0.3, 0.4) is 0 Å². The van der Waals surface area contributed by atoms with Crippen molar-refractivity contribution in [3.8, 4) is 0 Å². The van der Waals surface area contributed by atoms with E-state index < -0.39 is 0 Å². The third kappa shape index (κ3) is 2.40. The largest absolute Gasteiger partial charge is 0.377 e. The molecule has 0 radical (unpaired) electrons. The topological polar surface area (TPSA) is 60.2 Å². The summed E-state index contributed by atoms with van der Waals surface area (Å²) in [6.07, 6.45) is 5.92. The first-order valence-electron chi connectivity index (χ1n) is 7.17. The molecular weight excluding hydrogens is 238 g/mol. The van der Waals surface area contributed by atoms with Gasteiger partial charge in [-0.3, -0.25) is 16.3 Å². The van der Waals surface area contributed by atoms with Crippen LogP contribution in [0.25, 0.3) is 0 Å². The van der Waals surface area contributed by atoms with Crippen LogP contribution in [0.4, 0.5) is 0 Å². The van der Waals surface area contributed by atoms with Gasteiger partial charge in [0.15, 0.2) is 0 Å². The van der Waals surface area contributed by atoms with Crippen LogP contribution in [0.15, 0.2) is 18.3 Å². The predicted octanol–water partition coefficient (Wildman–Crippen LogP) is 2.15. The Morgan fingerprint density at radius 2 is 2.26 bits per heavy atom. The number of aryl methyl sites for hydroxylation is 1. The molecule has 0 fully saturated rings. The van der Waals surface area contributed by atoms with E-state index in [-0.39, 0.29) is 11.6 Å². The molecule has 0 saturated heterocycles. The molecule has 1 heterocycles. The Morgan fingerprint density at radius 3 is 2.84 bits per heavy atom. The highest BCUT2D eigenvalue weighted by Gasteiger charge is 2.43.